The van der Waals surface area contributed by atoms with Gasteiger partial charge in [-0.1, -0.05) is 46.8 Å². The van der Waals surface area contributed by atoms with Gasteiger partial charge < -0.3 is 14.0 Å². The Morgan fingerprint density at radius 2 is 1.77 bits per heavy atom. The number of methoxy groups -OCH3 is 1. The molecular formula is C26H41N5O3S. The van der Waals surface area contributed by atoms with E-state index in [2.05, 4.69) is 35.3 Å². The van der Waals surface area contributed by atoms with Crippen LogP contribution in [0.25, 0.3) is 11.0 Å². The van der Waals surface area contributed by atoms with Gasteiger partial charge in [-0.05, 0) is 55.5 Å². The van der Waals surface area contributed by atoms with E-state index < -0.39 is 5.97 Å². The van der Waals surface area contributed by atoms with E-state index in [1.807, 2.05) is 51.1 Å². The molecule has 0 radical (unpaired) electrons. The molecule has 1 atom stereocenters. The number of hydrazine groups is 1. The minimum Gasteiger partial charge on any atom is -0.459 e. The Balaban J connectivity index is 0.000000926. The van der Waals surface area contributed by atoms with Crippen LogP contribution in [0.2, 0.25) is 0 Å². The van der Waals surface area contributed by atoms with E-state index in [1.54, 1.807) is 26.4 Å². The average molecular weight is 504 g/mol. The Bertz CT molecular complexity index is 1010. The van der Waals surface area contributed by atoms with E-state index in [9.17, 15) is 4.79 Å². The minimum atomic E-state index is -0.391. The van der Waals surface area contributed by atoms with Gasteiger partial charge in [0.25, 0.3) is 0 Å². The number of nitrogens with zero attached hydrogens (tertiary/aromatic N) is 4. The highest BCUT2D eigenvalue weighted by atomic mass is 32.2. The van der Waals surface area contributed by atoms with Gasteiger partial charge in [-0.2, -0.15) is 4.41 Å². The van der Waals surface area contributed by atoms with Crippen molar-refractivity contribution < 1.29 is 14.3 Å². The lowest BCUT2D eigenvalue weighted by molar-refractivity contribution is -0.150. The number of esters is 1. The Hall–Kier alpha value is -2.46. The van der Waals surface area contributed by atoms with E-state index in [0.717, 1.165) is 33.2 Å². The number of fused-ring (bicyclic) bond motifs is 1. The number of rotatable bonds is 9. The number of hydrogen-bond acceptors (Lipinski definition) is 8. The van der Waals surface area contributed by atoms with Gasteiger partial charge in [0, 0.05) is 24.7 Å². The maximum atomic E-state index is 11.9. The molecule has 0 spiro atoms. The number of carbonyl (C=O) groups excluding carboxylic acids is 1. The second-order valence-electron chi connectivity index (χ2n) is 8.41. The normalized spacial score (nSPS) is 11.5. The van der Waals surface area contributed by atoms with Gasteiger partial charge in [-0.15, -0.1) is 0 Å². The SMILES string of the molecule is CC.CC(C)C.COCC(C)OC(=O)CN(N)Sc1ccc(Cn2c(C)nc3cnccc32)cc1. The number of benzene rings is 1. The van der Waals surface area contributed by atoms with Crippen LogP contribution in [0.5, 0.6) is 0 Å². The summed E-state index contributed by atoms with van der Waals surface area (Å²) in [5, 5.41) is 0. The highest BCUT2D eigenvalue weighted by molar-refractivity contribution is 7.97. The average Bonchev–Trinajstić information content (AvgIpc) is 3.11. The van der Waals surface area contributed by atoms with Gasteiger partial charge in [0.15, 0.2) is 0 Å². The lowest BCUT2D eigenvalue weighted by Gasteiger charge is -2.17. The van der Waals surface area contributed by atoms with E-state index in [4.69, 9.17) is 15.3 Å². The summed E-state index contributed by atoms with van der Waals surface area (Å²) in [5.41, 5.74) is 3.10. The van der Waals surface area contributed by atoms with Crippen LogP contribution >= 0.6 is 11.9 Å². The number of imidazole rings is 1. The molecule has 0 amide bonds. The van der Waals surface area contributed by atoms with E-state index in [0.29, 0.717) is 13.2 Å². The lowest BCUT2D eigenvalue weighted by Crippen LogP contribution is -2.33. The lowest BCUT2D eigenvalue weighted by atomic mass is 10.2. The third kappa shape index (κ3) is 11.2. The van der Waals surface area contributed by atoms with Crippen LogP contribution in [0, 0.1) is 12.8 Å². The summed E-state index contributed by atoms with van der Waals surface area (Å²) in [6.45, 7) is 15.3. The highest BCUT2D eigenvalue weighted by Gasteiger charge is 2.14. The van der Waals surface area contributed by atoms with Crippen LogP contribution in [0.15, 0.2) is 47.6 Å². The van der Waals surface area contributed by atoms with Crippen LogP contribution in [0.4, 0.5) is 0 Å². The molecule has 35 heavy (non-hydrogen) atoms. The number of aromatic nitrogens is 3. The molecule has 0 aliphatic heterocycles. The molecular weight excluding hydrogens is 462 g/mol. The first-order valence-corrected chi connectivity index (χ1v) is 12.7. The molecule has 0 aliphatic rings. The highest BCUT2D eigenvalue weighted by Crippen LogP contribution is 2.22. The van der Waals surface area contributed by atoms with Crippen molar-refractivity contribution in [1.29, 1.82) is 0 Å². The maximum absolute atomic E-state index is 11.9. The largest absolute Gasteiger partial charge is 0.459 e. The molecule has 0 fully saturated rings. The van der Waals surface area contributed by atoms with Crippen molar-refractivity contribution in [2.75, 3.05) is 20.3 Å². The molecule has 9 heteroatoms. The third-order valence-electron chi connectivity index (χ3n) is 4.25. The predicted octanol–water partition coefficient (Wildman–Crippen LogP) is 5.24. The molecule has 0 saturated heterocycles. The van der Waals surface area contributed by atoms with Crippen LogP contribution in [0.1, 0.15) is 52.9 Å². The molecule has 194 valence electrons. The molecule has 3 rings (SSSR count). The van der Waals surface area contributed by atoms with Gasteiger partial charge in [0.1, 0.15) is 24.0 Å². The molecule has 1 aromatic carbocycles. The van der Waals surface area contributed by atoms with Crippen LogP contribution in [-0.2, 0) is 20.8 Å². The van der Waals surface area contributed by atoms with Crippen LogP contribution < -0.4 is 5.84 Å². The fourth-order valence-corrected chi connectivity index (χ4v) is 3.66. The number of hydrogen-bond donors (Lipinski definition) is 1. The van der Waals surface area contributed by atoms with Crippen molar-refractivity contribution in [1.82, 2.24) is 18.9 Å². The summed E-state index contributed by atoms with van der Waals surface area (Å²) in [6, 6.07) is 10.0. The summed E-state index contributed by atoms with van der Waals surface area (Å²) < 4.78 is 13.7. The quantitative estimate of drug-likeness (QED) is 0.183. The molecule has 2 N–H and O–H groups in total. The molecule has 1 unspecified atom stereocenters. The summed E-state index contributed by atoms with van der Waals surface area (Å²) in [6.07, 6.45) is 3.25. The molecule has 0 aliphatic carbocycles. The summed E-state index contributed by atoms with van der Waals surface area (Å²) in [4.78, 5) is 21.5. The zero-order valence-corrected chi connectivity index (χ0v) is 23.1. The Morgan fingerprint density at radius 3 is 2.37 bits per heavy atom. The van der Waals surface area contributed by atoms with Gasteiger partial charge in [0.2, 0.25) is 0 Å². The van der Waals surface area contributed by atoms with Gasteiger partial charge in [0.05, 0.1) is 18.3 Å². The maximum Gasteiger partial charge on any atom is 0.323 e. The minimum absolute atomic E-state index is 0.0191. The monoisotopic (exact) mass is 503 g/mol. The van der Waals surface area contributed by atoms with Crippen molar-refractivity contribution in [2.45, 2.75) is 66.0 Å². The first-order chi connectivity index (χ1) is 16.7. The van der Waals surface area contributed by atoms with Crippen molar-refractivity contribution in [2.24, 2.45) is 11.8 Å². The standard InChI is InChI=1S/C20H25N5O3S.C4H10.C2H6/c1-14(13-27-3)28-20(26)12-25(21)29-17-6-4-16(5-7-17)11-24-15(2)23-18-10-22-9-8-19(18)24;1-4(2)3;1-2/h4-10,14H,11-13,21H2,1-3H3;4H,1-3H3;1-2H3. The molecule has 0 bridgehead atoms. The van der Waals surface area contributed by atoms with Crippen LogP contribution in [0.3, 0.4) is 0 Å². The van der Waals surface area contributed by atoms with E-state index >= 15 is 0 Å². The molecule has 2 aromatic heterocycles. The van der Waals surface area contributed by atoms with Crippen molar-refractivity contribution in [3.63, 3.8) is 0 Å². The molecule has 2 heterocycles. The first-order valence-electron chi connectivity index (χ1n) is 11.9. The number of ether oxygens (including phenoxy) is 2. The summed E-state index contributed by atoms with van der Waals surface area (Å²) >= 11 is 1.29. The Morgan fingerprint density at radius 1 is 1.14 bits per heavy atom. The molecule has 8 nitrogen and oxygen atoms in total. The van der Waals surface area contributed by atoms with Crippen molar-refractivity contribution in [3.05, 3.63) is 54.1 Å². The Kier molecular flexibility index (Phi) is 14.2. The third-order valence-corrected chi connectivity index (χ3v) is 5.09. The second kappa shape index (κ2) is 16.3. The first kappa shape index (κ1) is 30.6. The Labute approximate surface area is 214 Å². The predicted molar refractivity (Wildman–Crippen MR) is 144 cm³/mol. The number of nitrogens with two attached hydrogens (primary N) is 1. The fourth-order valence-electron chi connectivity index (χ4n) is 2.97. The number of carbonyl (C=O) groups is 1. The van der Waals surface area contributed by atoms with Gasteiger partial charge in [-0.25, -0.2) is 4.98 Å². The van der Waals surface area contributed by atoms with Gasteiger partial charge >= 0.3 is 5.97 Å². The fraction of sp³-hybridized carbons (Fsp3) is 0.500. The molecule has 0 saturated carbocycles. The van der Waals surface area contributed by atoms with Crippen molar-refractivity contribution >= 4 is 29.0 Å². The van der Waals surface area contributed by atoms with E-state index in [1.165, 1.54) is 16.4 Å². The zero-order valence-electron chi connectivity index (χ0n) is 22.3. The van der Waals surface area contributed by atoms with Gasteiger partial charge in [-0.3, -0.25) is 15.6 Å². The number of pyridine rings is 1. The summed E-state index contributed by atoms with van der Waals surface area (Å²) in [7, 11) is 1.56. The van der Waals surface area contributed by atoms with Crippen LogP contribution in [-0.4, -0.2) is 51.3 Å². The summed E-state index contributed by atoms with van der Waals surface area (Å²) in [5.74, 6) is 7.32. The van der Waals surface area contributed by atoms with E-state index in [-0.39, 0.29) is 12.6 Å². The van der Waals surface area contributed by atoms with Crippen molar-refractivity contribution in [3.8, 4) is 0 Å². The topological polar surface area (TPSA) is 95.5 Å². The number of aryl methyl sites for hydroxylation is 1. The molecule has 3 aromatic rings. The second-order valence-corrected chi connectivity index (χ2v) is 9.53. The zero-order chi connectivity index (χ0) is 26.4. The smallest absolute Gasteiger partial charge is 0.323 e.